The lowest BCUT2D eigenvalue weighted by atomic mass is 10.7. The smallest absolute Gasteiger partial charge is 0.314 e. The second-order valence-electron chi connectivity index (χ2n) is 0.831. The van der Waals surface area contributed by atoms with Crippen molar-refractivity contribution in [3.8, 4) is 12.3 Å². The van der Waals surface area contributed by atoms with Gasteiger partial charge in [-0.15, -0.1) is 6.42 Å². The lowest BCUT2D eigenvalue weighted by molar-refractivity contribution is 0.260. The Hall–Kier alpha value is -0.680. The summed E-state index contributed by atoms with van der Waals surface area (Å²) in [5, 5.41) is 1.57. The molecule has 0 fully saturated rings. The molecule has 0 radical (unpaired) electrons. The molecular formula is C4H4ClNO. The maximum atomic E-state index is 9.76. The molecule has 1 N–H and O–H groups in total. The highest BCUT2D eigenvalue weighted by molar-refractivity contribution is 6.62. The van der Waals surface area contributed by atoms with Gasteiger partial charge in [-0.2, -0.15) is 0 Å². The van der Waals surface area contributed by atoms with Crippen molar-refractivity contribution in [2.45, 2.75) is 0 Å². The summed E-state index contributed by atoms with van der Waals surface area (Å²) >= 11 is 4.81. The molecule has 1 amide bonds. The molecule has 0 atom stereocenters. The molecule has 0 unspecified atom stereocenters. The van der Waals surface area contributed by atoms with Crippen molar-refractivity contribution in [1.29, 1.82) is 0 Å². The highest BCUT2D eigenvalue weighted by atomic mass is 35.5. The summed E-state index contributed by atoms with van der Waals surface area (Å²) in [4.78, 5) is 9.76. The van der Waals surface area contributed by atoms with Crippen molar-refractivity contribution >= 4 is 17.0 Å². The van der Waals surface area contributed by atoms with Gasteiger partial charge in [-0.25, -0.2) is 0 Å². The molecule has 0 aliphatic carbocycles. The molecule has 38 valence electrons. The number of carbonyl (C=O) groups is 1. The first-order valence-electron chi connectivity index (χ1n) is 1.64. The van der Waals surface area contributed by atoms with Gasteiger partial charge in [0.05, 0.1) is 6.54 Å². The van der Waals surface area contributed by atoms with Gasteiger partial charge in [0.2, 0.25) is 0 Å². The number of halogens is 1. The minimum Gasteiger partial charge on any atom is -0.332 e. The SMILES string of the molecule is C#CCNC(=O)Cl. The number of hydrogen-bond donors (Lipinski definition) is 1. The fourth-order valence-electron chi connectivity index (χ4n) is 0.121. The Kier molecular flexibility index (Phi) is 3.17. The van der Waals surface area contributed by atoms with Gasteiger partial charge in [0, 0.05) is 0 Å². The van der Waals surface area contributed by atoms with Crippen LogP contribution in [0.2, 0.25) is 0 Å². The van der Waals surface area contributed by atoms with Gasteiger partial charge < -0.3 is 5.32 Å². The standard InChI is InChI=1S/C4H4ClNO/c1-2-3-6-4(5)7/h1H,3H2,(H,6,7). The Labute approximate surface area is 46.8 Å². The maximum Gasteiger partial charge on any atom is 0.314 e. The number of nitrogens with one attached hydrogen (secondary N) is 1. The molecule has 0 rings (SSSR count). The van der Waals surface area contributed by atoms with Gasteiger partial charge in [-0.1, -0.05) is 5.92 Å². The molecule has 0 aromatic rings. The lowest BCUT2D eigenvalue weighted by Gasteiger charge is -1.86. The Morgan fingerprint density at radius 2 is 2.57 bits per heavy atom. The summed E-state index contributed by atoms with van der Waals surface area (Å²) in [6.07, 6.45) is 4.75. The van der Waals surface area contributed by atoms with Crippen LogP contribution in [0.4, 0.5) is 4.79 Å². The normalized spacial score (nSPS) is 6.86. The molecular weight excluding hydrogens is 114 g/mol. The average molecular weight is 118 g/mol. The highest BCUT2D eigenvalue weighted by Gasteiger charge is 1.84. The molecule has 7 heavy (non-hydrogen) atoms. The second-order valence-corrected chi connectivity index (χ2v) is 1.17. The molecule has 2 nitrogen and oxygen atoms in total. The molecule has 0 saturated carbocycles. The average Bonchev–Trinajstić information content (AvgIpc) is 1.61. The molecule has 0 aromatic heterocycles. The third kappa shape index (κ3) is 5.32. The predicted octanol–water partition coefficient (Wildman–Crippen LogP) is 0.568. The fraction of sp³-hybridized carbons (Fsp3) is 0.250. The van der Waals surface area contributed by atoms with Crippen LogP contribution in [0, 0.1) is 12.3 Å². The van der Waals surface area contributed by atoms with Crippen molar-refractivity contribution in [2.24, 2.45) is 0 Å². The van der Waals surface area contributed by atoms with Crippen molar-refractivity contribution in [2.75, 3.05) is 6.54 Å². The van der Waals surface area contributed by atoms with Crippen LogP contribution < -0.4 is 5.32 Å². The van der Waals surface area contributed by atoms with Gasteiger partial charge >= 0.3 is 5.37 Å². The van der Waals surface area contributed by atoms with Gasteiger partial charge in [0.1, 0.15) is 0 Å². The molecule has 0 saturated heterocycles. The number of amides is 1. The summed E-state index contributed by atoms with van der Waals surface area (Å²) in [5.41, 5.74) is 0. The van der Waals surface area contributed by atoms with Gasteiger partial charge in [0.15, 0.2) is 0 Å². The van der Waals surface area contributed by atoms with Crippen molar-refractivity contribution in [1.82, 2.24) is 5.32 Å². The third-order valence-electron chi connectivity index (χ3n) is 0.329. The summed E-state index contributed by atoms with van der Waals surface area (Å²) in [6, 6.07) is 0. The molecule has 0 aliphatic heterocycles. The quantitative estimate of drug-likeness (QED) is 0.304. The summed E-state index contributed by atoms with van der Waals surface area (Å²) in [6.45, 7) is 0.197. The van der Waals surface area contributed by atoms with E-state index in [1.165, 1.54) is 0 Å². The van der Waals surface area contributed by atoms with Crippen LogP contribution in [0.3, 0.4) is 0 Å². The van der Waals surface area contributed by atoms with Gasteiger partial charge in [-0.05, 0) is 11.6 Å². The van der Waals surface area contributed by atoms with E-state index in [2.05, 4.69) is 11.2 Å². The largest absolute Gasteiger partial charge is 0.332 e. The number of rotatable bonds is 1. The number of carbonyl (C=O) groups excluding carboxylic acids is 1. The fourth-order valence-corrected chi connectivity index (χ4v) is 0.187. The van der Waals surface area contributed by atoms with Crippen LogP contribution in [0.15, 0.2) is 0 Å². The van der Waals surface area contributed by atoms with E-state index in [-0.39, 0.29) is 6.54 Å². The van der Waals surface area contributed by atoms with Crippen LogP contribution in [0.25, 0.3) is 0 Å². The van der Waals surface area contributed by atoms with E-state index >= 15 is 0 Å². The minimum atomic E-state index is -0.613. The van der Waals surface area contributed by atoms with E-state index in [0.717, 1.165) is 0 Å². The maximum absolute atomic E-state index is 9.76. The molecule has 0 aliphatic rings. The monoisotopic (exact) mass is 117 g/mol. The van der Waals surface area contributed by atoms with Crippen LogP contribution in [-0.4, -0.2) is 11.9 Å². The Bertz CT molecular complexity index is 105. The van der Waals surface area contributed by atoms with Crippen LogP contribution in [-0.2, 0) is 0 Å². The van der Waals surface area contributed by atoms with E-state index in [4.69, 9.17) is 18.0 Å². The first-order chi connectivity index (χ1) is 3.27. The van der Waals surface area contributed by atoms with Crippen LogP contribution >= 0.6 is 11.6 Å². The van der Waals surface area contributed by atoms with Crippen molar-refractivity contribution in [3.63, 3.8) is 0 Å². The van der Waals surface area contributed by atoms with E-state index in [0.29, 0.717) is 0 Å². The first kappa shape index (κ1) is 6.32. The van der Waals surface area contributed by atoms with Gasteiger partial charge in [-0.3, -0.25) is 4.79 Å². The first-order valence-corrected chi connectivity index (χ1v) is 2.02. The minimum absolute atomic E-state index is 0.197. The topological polar surface area (TPSA) is 29.1 Å². The zero-order valence-electron chi connectivity index (χ0n) is 3.57. The number of terminal acetylenes is 1. The highest BCUT2D eigenvalue weighted by Crippen LogP contribution is 1.72. The second kappa shape index (κ2) is 3.51. The predicted molar refractivity (Wildman–Crippen MR) is 28.1 cm³/mol. The summed E-state index contributed by atoms with van der Waals surface area (Å²) in [5.74, 6) is 2.18. The molecule has 3 heteroatoms. The Morgan fingerprint density at radius 3 is 2.71 bits per heavy atom. The molecule has 0 aromatic carbocycles. The van der Waals surface area contributed by atoms with Crippen molar-refractivity contribution < 1.29 is 4.79 Å². The molecule has 0 heterocycles. The Balaban J connectivity index is 3.02. The van der Waals surface area contributed by atoms with Crippen LogP contribution in [0.5, 0.6) is 0 Å². The molecule has 0 bridgehead atoms. The number of hydrogen-bond acceptors (Lipinski definition) is 1. The van der Waals surface area contributed by atoms with E-state index in [1.807, 2.05) is 0 Å². The van der Waals surface area contributed by atoms with E-state index in [1.54, 1.807) is 0 Å². The molecule has 0 spiro atoms. The van der Waals surface area contributed by atoms with Crippen LogP contribution in [0.1, 0.15) is 0 Å². The zero-order valence-corrected chi connectivity index (χ0v) is 4.33. The summed E-state index contributed by atoms with van der Waals surface area (Å²) in [7, 11) is 0. The van der Waals surface area contributed by atoms with E-state index < -0.39 is 5.37 Å². The van der Waals surface area contributed by atoms with E-state index in [9.17, 15) is 4.79 Å². The zero-order chi connectivity index (χ0) is 5.70. The van der Waals surface area contributed by atoms with Gasteiger partial charge in [0.25, 0.3) is 0 Å². The summed E-state index contributed by atoms with van der Waals surface area (Å²) < 4.78 is 0. The Morgan fingerprint density at radius 1 is 2.00 bits per heavy atom. The third-order valence-corrected chi connectivity index (χ3v) is 0.463. The lowest BCUT2D eigenvalue weighted by Crippen LogP contribution is -2.15. The van der Waals surface area contributed by atoms with Crippen molar-refractivity contribution in [3.05, 3.63) is 0 Å².